The lowest BCUT2D eigenvalue weighted by Crippen LogP contribution is -2.26. The quantitative estimate of drug-likeness (QED) is 0.843. The number of ether oxygens (including phenoxy) is 1. The van der Waals surface area contributed by atoms with Crippen LogP contribution >= 0.6 is 0 Å². The van der Waals surface area contributed by atoms with E-state index in [2.05, 4.69) is 0 Å². The highest BCUT2D eigenvalue weighted by Crippen LogP contribution is 2.18. The van der Waals surface area contributed by atoms with Gasteiger partial charge >= 0.3 is 6.09 Å². The molecule has 0 aliphatic heterocycles. The van der Waals surface area contributed by atoms with E-state index in [1.807, 2.05) is 39.0 Å². The zero-order chi connectivity index (χ0) is 13.3. The van der Waals surface area contributed by atoms with E-state index in [4.69, 9.17) is 9.84 Å². The first-order chi connectivity index (χ1) is 8.39. The Morgan fingerprint density at radius 1 is 1.28 bits per heavy atom. The average molecular weight is 247 g/mol. The molecule has 0 unspecified atom stereocenters. The van der Waals surface area contributed by atoms with Crippen molar-refractivity contribution >= 4 is 16.9 Å². The highest BCUT2D eigenvalue weighted by atomic mass is 16.6. The lowest BCUT2D eigenvalue weighted by atomic mass is 10.1. The van der Waals surface area contributed by atoms with Crippen molar-refractivity contribution in [2.75, 3.05) is 0 Å². The second-order valence-corrected chi connectivity index (χ2v) is 5.27. The molecular formula is C14H17NO3. The first-order valence-corrected chi connectivity index (χ1v) is 5.84. The predicted octanol–water partition coefficient (Wildman–Crippen LogP) is 2.92. The van der Waals surface area contributed by atoms with Gasteiger partial charge in [-0.2, -0.15) is 0 Å². The van der Waals surface area contributed by atoms with Crippen molar-refractivity contribution in [3.63, 3.8) is 0 Å². The molecule has 4 nitrogen and oxygen atoms in total. The van der Waals surface area contributed by atoms with Crippen molar-refractivity contribution in [2.24, 2.45) is 0 Å². The summed E-state index contributed by atoms with van der Waals surface area (Å²) < 4.78 is 6.71. The van der Waals surface area contributed by atoms with Gasteiger partial charge in [-0.3, -0.25) is 4.57 Å². The molecule has 0 amide bonds. The maximum atomic E-state index is 11.9. The molecule has 4 heteroatoms. The standard InChI is InChI=1S/C14H17NO3/c1-14(2,3)18-13(17)15-7-11-5-4-10(9-16)6-12(11)8-15/h4-8,16H,9H2,1-3H3. The molecule has 96 valence electrons. The van der Waals surface area contributed by atoms with E-state index in [-0.39, 0.29) is 6.61 Å². The molecule has 2 aromatic rings. The maximum absolute atomic E-state index is 11.9. The van der Waals surface area contributed by atoms with Gasteiger partial charge in [-0.15, -0.1) is 0 Å². The van der Waals surface area contributed by atoms with Gasteiger partial charge in [0, 0.05) is 17.8 Å². The molecule has 0 atom stereocenters. The van der Waals surface area contributed by atoms with E-state index in [1.165, 1.54) is 4.57 Å². The SMILES string of the molecule is CC(C)(C)OC(=O)n1cc2ccc(CO)cc2c1. The molecule has 0 aliphatic carbocycles. The van der Waals surface area contributed by atoms with E-state index < -0.39 is 11.7 Å². The van der Waals surface area contributed by atoms with Crippen molar-refractivity contribution in [1.82, 2.24) is 4.57 Å². The minimum absolute atomic E-state index is 0.00639. The van der Waals surface area contributed by atoms with Gasteiger partial charge in [-0.25, -0.2) is 4.79 Å². The molecule has 0 spiro atoms. The molecule has 2 rings (SSSR count). The third-order valence-corrected chi connectivity index (χ3v) is 2.49. The first-order valence-electron chi connectivity index (χ1n) is 5.84. The number of aliphatic hydroxyl groups excluding tert-OH is 1. The second-order valence-electron chi connectivity index (χ2n) is 5.27. The molecule has 0 radical (unpaired) electrons. The summed E-state index contributed by atoms with van der Waals surface area (Å²) in [6, 6.07) is 5.57. The summed E-state index contributed by atoms with van der Waals surface area (Å²) in [4.78, 5) is 11.9. The highest BCUT2D eigenvalue weighted by Gasteiger charge is 2.17. The number of carbonyl (C=O) groups excluding carboxylic acids is 1. The van der Waals surface area contributed by atoms with Crippen LogP contribution in [0.3, 0.4) is 0 Å². The van der Waals surface area contributed by atoms with Gasteiger partial charge in [0.25, 0.3) is 0 Å². The summed E-state index contributed by atoms with van der Waals surface area (Å²) in [6.45, 7) is 5.49. The Hall–Kier alpha value is -1.81. The number of rotatable bonds is 1. The van der Waals surface area contributed by atoms with Crippen LogP contribution < -0.4 is 0 Å². The molecule has 1 heterocycles. The Bertz CT molecular complexity index is 578. The molecule has 0 saturated heterocycles. The van der Waals surface area contributed by atoms with Gasteiger partial charge in [0.05, 0.1) is 6.61 Å². The summed E-state index contributed by atoms with van der Waals surface area (Å²) in [5.41, 5.74) is 0.313. The zero-order valence-corrected chi connectivity index (χ0v) is 10.8. The van der Waals surface area contributed by atoms with E-state index in [1.54, 1.807) is 12.4 Å². The van der Waals surface area contributed by atoms with Gasteiger partial charge in [-0.1, -0.05) is 12.1 Å². The van der Waals surface area contributed by atoms with Gasteiger partial charge in [-0.05, 0) is 37.8 Å². The molecule has 1 aromatic carbocycles. The number of aliphatic hydroxyl groups is 1. The minimum Gasteiger partial charge on any atom is -0.443 e. The zero-order valence-electron chi connectivity index (χ0n) is 10.8. The summed E-state index contributed by atoms with van der Waals surface area (Å²) in [7, 11) is 0. The molecule has 0 aliphatic rings. The van der Waals surface area contributed by atoms with E-state index >= 15 is 0 Å². The van der Waals surface area contributed by atoms with Gasteiger partial charge in [0.1, 0.15) is 5.60 Å². The van der Waals surface area contributed by atoms with E-state index in [9.17, 15) is 4.79 Å². The molecule has 0 bridgehead atoms. The third kappa shape index (κ3) is 2.71. The van der Waals surface area contributed by atoms with Gasteiger partial charge in [0.2, 0.25) is 0 Å². The monoisotopic (exact) mass is 247 g/mol. The van der Waals surface area contributed by atoms with Crippen molar-refractivity contribution in [1.29, 1.82) is 0 Å². The molecule has 0 saturated carbocycles. The van der Waals surface area contributed by atoms with Crippen molar-refractivity contribution < 1.29 is 14.6 Å². The fourth-order valence-corrected chi connectivity index (χ4v) is 1.71. The number of aromatic nitrogens is 1. The summed E-state index contributed by atoms with van der Waals surface area (Å²) in [6.07, 6.45) is 3.04. The predicted molar refractivity (Wildman–Crippen MR) is 69.5 cm³/mol. The number of fused-ring (bicyclic) bond motifs is 1. The molecule has 1 N–H and O–H groups in total. The summed E-state index contributed by atoms with van der Waals surface area (Å²) in [5.74, 6) is 0. The summed E-state index contributed by atoms with van der Waals surface area (Å²) >= 11 is 0. The Morgan fingerprint density at radius 2 is 1.94 bits per heavy atom. The van der Waals surface area contributed by atoms with Crippen LogP contribution in [0, 0.1) is 0 Å². The second kappa shape index (κ2) is 4.46. The minimum atomic E-state index is -0.510. The lowest BCUT2D eigenvalue weighted by molar-refractivity contribution is 0.0538. The smallest absolute Gasteiger partial charge is 0.418 e. The van der Waals surface area contributed by atoms with E-state index in [0.717, 1.165) is 16.3 Å². The topological polar surface area (TPSA) is 51.5 Å². The number of hydrogen-bond acceptors (Lipinski definition) is 3. The fraction of sp³-hybridized carbons (Fsp3) is 0.357. The Labute approximate surface area is 106 Å². The average Bonchev–Trinajstić information content (AvgIpc) is 2.69. The van der Waals surface area contributed by atoms with Crippen LogP contribution in [0.25, 0.3) is 10.8 Å². The van der Waals surface area contributed by atoms with E-state index in [0.29, 0.717) is 0 Å². The lowest BCUT2D eigenvalue weighted by Gasteiger charge is -2.19. The first kappa shape index (κ1) is 12.6. The van der Waals surface area contributed by atoms with Crippen molar-refractivity contribution in [3.8, 4) is 0 Å². The largest absolute Gasteiger partial charge is 0.443 e. The highest BCUT2D eigenvalue weighted by molar-refractivity contribution is 5.87. The van der Waals surface area contributed by atoms with Crippen LogP contribution in [0.2, 0.25) is 0 Å². The fourth-order valence-electron chi connectivity index (χ4n) is 1.71. The van der Waals surface area contributed by atoms with Crippen LogP contribution in [0.15, 0.2) is 30.6 Å². The molecule has 18 heavy (non-hydrogen) atoms. The number of hydrogen-bond donors (Lipinski definition) is 1. The normalized spacial score (nSPS) is 11.8. The van der Waals surface area contributed by atoms with Crippen LogP contribution in [0.1, 0.15) is 26.3 Å². The Morgan fingerprint density at radius 3 is 2.56 bits per heavy atom. The van der Waals surface area contributed by atoms with Crippen LogP contribution in [-0.4, -0.2) is 21.4 Å². The van der Waals surface area contributed by atoms with Crippen molar-refractivity contribution in [3.05, 3.63) is 36.2 Å². The van der Waals surface area contributed by atoms with Gasteiger partial charge < -0.3 is 9.84 Å². The summed E-state index contributed by atoms with van der Waals surface area (Å²) in [5, 5.41) is 10.9. The Balaban J connectivity index is 2.32. The van der Waals surface area contributed by atoms with Crippen LogP contribution in [-0.2, 0) is 11.3 Å². The van der Waals surface area contributed by atoms with Crippen molar-refractivity contribution in [2.45, 2.75) is 33.0 Å². The molecule has 1 aromatic heterocycles. The number of nitrogens with zero attached hydrogens (tertiary/aromatic N) is 1. The maximum Gasteiger partial charge on any atom is 0.418 e. The van der Waals surface area contributed by atoms with Crippen LogP contribution in [0.4, 0.5) is 4.79 Å². The third-order valence-electron chi connectivity index (χ3n) is 2.49. The number of carbonyl (C=O) groups is 1. The van der Waals surface area contributed by atoms with Gasteiger partial charge in [0.15, 0.2) is 0 Å². The molecule has 0 fully saturated rings. The van der Waals surface area contributed by atoms with Crippen LogP contribution in [0.5, 0.6) is 0 Å². The Kier molecular flexibility index (Phi) is 3.13. The number of benzene rings is 1. The molecular weight excluding hydrogens is 230 g/mol.